The van der Waals surface area contributed by atoms with Crippen molar-refractivity contribution < 1.29 is 0 Å². The molecule has 1 heteroatoms. The van der Waals surface area contributed by atoms with Crippen LogP contribution in [0.2, 0.25) is 0 Å². The minimum absolute atomic E-state index is 0.343. The standard InChI is InChI=1S/C48H35N.C17H20.C7H8.C2H6/c1-30-19-23-41-44(25-30)48(46-27-32-12-6-8-16-38(32)47(41)46)43-18-10-9-17-39(43)40-24-22-36(29-45(40)48)49(34-13-3-2-4-14-34)35-21-20-33-26-31-11-5-7-15-37(31)42(33)28-35;1-4-7-15-8-5-6-9-16(15)17-12-13(2)10-11-14(17)3;1-7-5-3-2-4-6-7;1-2/h2-4,6-10,12-25,28-29H,5,11,26-27H2,1H3;5-6,8-12H,4,7H2,1-3H3;2-6H,1H3;1-2H3. The number of hydrogen-bond donors (Lipinski definition) is 0. The van der Waals surface area contributed by atoms with Crippen LogP contribution in [0.15, 0.2) is 230 Å². The molecular formula is C74H69N. The molecule has 5 aliphatic rings. The monoisotopic (exact) mass is 972 g/mol. The molecule has 1 atom stereocenters. The first kappa shape index (κ1) is 49.2. The Morgan fingerprint density at radius 1 is 0.440 bits per heavy atom. The molecule has 0 amide bonds. The Kier molecular flexibility index (Phi) is 13.8. The van der Waals surface area contributed by atoms with Crippen molar-refractivity contribution in [2.24, 2.45) is 0 Å². The average Bonchev–Trinajstić information content (AvgIpc) is 4.38. The fourth-order valence-electron chi connectivity index (χ4n) is 12.7. The van der Waals surface area contributed by atoms with Gasteiger partial charge in [-0.3, -0.25) is 0 Å². The van der Waals surface area contributed by atoms with E-state index in [0.717, 1.165) is 25.7 Å². The van der Waals surface area contributed by atoms with Gasteiger partial charge in [0.05, 0.1) is 5.41 Å². The predicted octanol–water partition coefficient (Wildman–Crippen LogP) is 19.8. The molecule has 0 heterocycles. The van der Waals surface area contributed by atoms with Gasteiger partial charge in [-0.2, -0.15) is 0 Å². The number of nitrogens with zero attached hydrogens (tertiary/aromatic N) is 1. The van der Waals surface area contributed by atoms with Crippen molar-refractivity contribution in [2.75, 3.05) is 4.90 Å². The summed E-state index contributed by atoms with van der Waals surface area (Å²) in [5.74, 6) is 0. The molecular weight excluding hydrogens is 903 g/mol. The summed E-state index contributed by atoms with van der Waals surface area (Å²) in [4.78, 5) is 2.48. The van der Waals surface area contributed by atoms with Crippen LogP contribution in [-0.4, -0.2) is 0 Å². The molecule has 0 bridgehead atoms. The second-order valence-corrected chi connectivity index (χ2v) is 20.8. The van der Waals surface area contributed by atoms with Crippen LogP contribution in [0.1, 0.15) is 112 Å². The van der Waals surface area contributed by atoms with E-state index in [1.54, 1.807) is 5.57 Å². The predicted molar refractivity (Wildman–Crippen MR) is 321 cm³/mol. The van der Waals surface area contributed by atoms with Crippen molar-refractivity contribution in [1.82, 2.24) is 0 Å². The van der Waals surface area contributed by atoms with Gasteiger partial charge in [0.25, 0.3) is 0 Å². The molecule has 0 N–H and O–H groups in total. The summed E-state index contributed by atoms with van der Waals surface area (Å²) < 4.78 is 0. The maximum Gasteiger partial charge on any atom is 0.0692 e. The summed E-state index contributed by atoms with van der Waals surface area (Å²) in [7, 11) is 0. The van der Waals surface area contributed by atoms with Crippen molar-refractivity contribution in [3.05, 3.63) is 302 Å². The van der Waals surface area contributed by atoms with Gasteiger partial charge in [-0.25, -0.2) is 0 Å². The van der Waals surface area contributed by atoms with Crippen LogP contribution < -0.4 is 4.90 Å². The van der Waals surface area contributed by atoms with Crippen LogP contribution in [0, 0.1) is 27.7 Å². The Balaban J connectivity index is 0.000000191. The lowest BCUT2D eigenvalue weighted by Gasteiger charge is -2.34. The van der Waals surface area contributed by atoms with E-state index < -0.39 is 0 Å². The summed E-state index contributed by atoms with van der Waals surface area (Å²) >= 11 is 0. The Morgan fingerprint density at radius 3 is 1.83 bits per heavy atom. The summed E-state index contributed by atoms with van der Waals surface area (Å²) in [5, 5.41) is 0. The number of rotatable bonds is 6. The molecule has 9 aromatic rings. The first-order valence-corrected chi connectivity index (χ1v) is 27.5. The van der Waals surface area contributed by atoms with Crippen molar-refractivity contribution in [2.45, 2.75) is 92.4 Å². The number of allylic oxidation sites excluding steroid dienone is 5. The van der Waals surface area contributed by atoms with Gasteiger partial charge in [0.1, 0.15) is 0 Å². The highest BCUT2D eigenvalue weighted by Gasteiger charge is 2.54. The minimum Gasteiger partial charge on any atom is -0.310 e. The van der Waals surface area contributed by atoms with E-state index in [0.29, 0.717) is 0 Å². The van der Waals surface area contributed by atoms with Crippen LogP contribution >= 0.6 is 0 Å². The lowest BCUT2D eigenvalue weighted by atomic mass is 9.68. The van der Waals surface area contributed by atoms with E-state index in [-0.39, 0.29) is 5.41 Å². The highest BCUT2D eigenvalue weighted by atomic mass is 15.1. The maximum atomic E-state index is 2.53. The quantitative estimate of drug-likeness (QED) is 0.160. The highest BCUT2D eigenvalue weighted by molar-refractivity contribution is 6.02. The van der Waals surface area contributed by atoms with Crippen molar-refractivity contribution >= 4 is 28.2 Å². The van der Waals surface area contributed by atoms with E-state index in [4.69, 9.17) is 0 Å². The molecule has 0 saturated carbocycles. The molecule has 75 heavy (non-hydrogen) atoms. The summed E-state index contributed by atoms with van der Waals surface area (Å²) in [6, 6.07) is 76.6. The molecule has 14 rings (SSSR count). The van der Waals surface area contributed by atoms with E-state index in [1.807, 2.05) is 32.0 Å². The molecule has 0 radical (unpaired) electrons. The van der Waals surface area contributed by atoms with Gasteiger partial charge in [-0.05, 0) is 191 Å². The third-order valence-electron chi connectivity index (χ3n) is 16.0. The minimum atomic E-state index is -0.343. The van der Waals surface area contributed by atoms with Crippen LogP contribution in [0.25, 0.3) is 33.4 Å². The second kappa shape index (κ2) is 21.1. The Morgan fingerprint density at radius 2 is 1.05 bits per heavy atom. The van der Waals surface area contributed by atoms with Crippen molar-refractivity contribution in [3.63, 3.8) is 0 Å². The van der Waals surface area contributed by atoms with Crippen molar-refractivity contribution in [1.29, 1.82) is 0 Å². The number of hydrogen-bond acceptors (Lipinski definition) is 1. The zero-order chi connectivity index (χ0) is 51.6. The molecule has 0 fully saturated rings. The lowest BCUT2D eigenvalue weighted by molar-refractivity contribution is 0.744. The second-order valence-electron chi connectivity index (χ2n) is 20.8. The van der Waals surface area contributed by atoms with Gasteiger partial charge >= 0.3 is 0 Å². The molecule has 1 nitrogen and oxygen atoms in total. The number of para-hydroxylation sites is 1. The van der Waals surface area contributed by atoms with Crippen LogP contribution in [0.4, 0.5) is 17.1 Å². The fourth-order valence-corrected chi connectivity index (χ4v) is 12.7. The number of fused-ring (bicyclic) bond motifs is 13. The third-order valence-corrected chi connectivity index (χ3v) is 16.0. The first-order valence-electron chi connectivity index (χ1n) is 27.5. The molecule has 1 spiro atoms. The molecule has 1 unspecified atom stereocenters. The van der Waals surface area contributed by atoms with E-state index >= 15 is 0 Å². The molecule has 9 aromatic carbocycles. The topological polar surface area (TPSA) is 3.24 Å². The summed E-state index contributed by atoms with van der Waals surface area (Å²) in [5.41, 5.74) is 32.8. The molecule has 370 valence electrons. The number of aryl methyl sites for hydroxylation is 5. The maximum absolute atomic E-state index is 2.53. The number of benzene rings is 9. The normalized spacial score (nSPS) is 15.5. The van der Waals surface area contributed by atoms with Gasteiger partial charge in [-0.15, -0.1) is 0 Å². The molecule has 0 aromatic heterocycles. The summed E-state index contributed by atoms with van der Waals surface area (Å²) in [6.07, 6.45) is 11.4. The molecule has 0 saturated heterocycles. The smallest absolute Gasteiger partial charge is 0.0692 e. The van der Waals surface area contributed by atoms with Crippen LogP contribution in [-0.2, 0) is 24.7 Å². The molecule has 5 aliphatic carbocycles. The van der Waals surface area contributed by atoms with Gasteiger partial charge in [-0.1, -0.05) is 231 Å². The summed E-state index contributed by atoms with van der Waals surface area (Å²) in [6.45, 7) is 14.9. The molecule has 0 aliphatic heterocycles. The SMILES string of the molecule is CC.CCCc1ccccc1-c1cc(C)ccc1C.Cc1ccc2c(c1)C1(C3=C2c2ccccc2C3)c2ccccc2-c2ccc(N(c3ccccc3)c3ccc4c(c3)C3=C(CCC=C3)C4)cc21.Cc1ccccc1. The zero-order valence-electron chi connectivity index (χ0n) is 45.0. The van der Waals surface area contributed by atoms with Gasteiger partial charge in [0.2, 0.25) is 0 Å². The first-order chi connectivity index (χ1) is 36.8. The van der Waals surface area contributed by atoms with E-state index in [2.05, 4.69) is 240 Å². The Labute approximate surface area is 447 Å². The average molecular weight is 972 g/mol. The van der Waals surface area contributed by atoms with Crippen molar-refractivity contribution in [3.8, 4) is 22.3 Å². The zero-order valence-corrected chi connectivity index (χ0v) is 45.0. The van der Waals surface area contributed by atoms with Gasteiger partial charge in [0, 0.05) is 17.1 Å². The van der Waals surface area contributed by atoms with E-state index in [9.17, 15) is 0 Å². The van der Waals surface area contributed by atoms with Crippen LogP contribution in [0.3, 0.4) is 0 Å². The Hall–Kier alpha value is -8.00. The largest absolute Gasteiger partial charge is 0.310 e. The highest BCUT2D eigenvalue weighted by Crippen LogP contribution is 2.66. The fraction of sp³-hybridized carbons (Fsp3) is 0.189. The third kappa shape index (κ3) is 8.83. The van der Waals surface area contributed by atoms with E-state index in [1.165, 1.54) is 141 Å². The van der Waals surface area contributed by atoms with Crippen LogP contribution in [0.5, 0.6) is 0 Å². The number of anilines is 3. The lowest BCUT2D eigenvalue weighted by Crippen LogP contribution is -2.28. The van der Waals surface area contributed by atoms with Gasteiger partial charge in [0.15, 0.2) is 0 Å². The van der Waals surface area contributed by atoms with Gasteiger partial charge < -0.3 is 4.90 Å². The Bertz CT molecular complexity index is 3680.